The van der Waals surface area contributed by atoms with E-state index < -0.39 is 0 Å². The largest absolute Gasteiger partial charge is 0.0921 e. The molecule has 0 heterocycles. The zero-order chi connectivity index (χ0) is 12.5. The molecular formula is C15H22Br2. The Balaban J connectivity index is 2.41. The lowest BCUT2D eigenvalue weighted by atomic mass is 9.95. The minimum Gasteiger partial charge on any atom is -0.0921 e. The van der Waals surface area contributed by atoms with Gasteiger partial charge in [0.1, 0.15) is 0 Å². The molecule has 0 N–H and O–H groups in total. The van der Waals surface area contributed by atoms with Crippen molar-refractivity contribution in [2.75, 3.05) is 5.33 Å². The van der Waals surface area contributed by atoms with Crippen molar-refractivity contribution in [2.24, 2.45) is 0 Å². The molecule has 96 valence electrons. The lowest BCUT2D eigenvalue weighted by Gasteiger charge is -2.16. The summed E-state index contributed by atoms with van der Waals surface area (Å²) in [6.07, 6.45) is 8.11. The standard InChI is InChI=1S/C15H22Br2/c1-2-3-4-5-6-9-13(12-16)14-10-7-8-11-15(14)17/h7-8,10-11,13H,2-6,9,12H2,1H3. The van der Waals surface area contributed by atoms with E-state index in [0.717, 1.165) is 5.33 Å². The Labute approximate surface area is 122 Å². The first kappa shape index (κ1) is 15.2. The van der Waals surface area contributed by atoms with Gasteiger partial charge in [-0.3, -0.25) is 0 Å². The van der Waals surface area contributed by atoms with Crippen LogP contribution in [0.5, 0.6) is 0 Å². The van der Waals surface area contributed by atoms with Crippen molar-refractivity contribution in [3.8, 4) is 0 Å². The van der Waals surface area contributed by atoms with E-state index in [1.807, 2.05) is 0 Å². The highest BCUT2D eigenvalue weighted by Gasteiger charge is 2.12. The molecule has 0 aliphatic heterocycles. The molecule has 1 aromatic rings. The molecule has 1 atom stereocenters. The lowest BCUT2D eigenvalue weighted by Crippen LogP contribution is -2.01. The van der Waals surface area contributed by atoms with E-state index in [-0.39, 0.29) is 0 Å². The predicted molar refractivity (Wildman–Crippen MR) is 84.1 cm³/mol. The van der Waals surface area contributed by atoms with Gasteiger partial charge in [-0.15, -0.1) is 0 Å². The fraction of sp³-hybridized carbons (Fsp3) is 0.600. The maximum Gasteiger partial charge on any atom is 0.0210 e. The third-order valence-electron chi connectivity index (χ3n) is 3.19. The van der Waals surface area contributed by atoms with Crippen LogP contribution in [-0.4, -0.2) is 5.33 Å². The third kappa shape index (κ3) is 5.56. The quantitative estimate of drug-likeness (QED) is 0.377. The molecule has 0 radical (unpaired) electrons. The summed E-state index contributed by atoms with van der Waals surface area (Å²) in [5.41, 5.74) is 1.44. The molecule has 0 amide bonds. The maximum atomic E-state index is 3.65. The summed E-state index contributed by atoms with van der Waals surface area (Å²) in [4.78, 5) is 0. The highest BCUT2D eigenvalue weighted by atomic mass is 79.9. The second kappa shape index (κ2) is 9.16. The number of rotatable bonds is 8. The first-order valence-electron chi connectivity index (χ1n) is 6.60. The van der Waals surface area contributed by atoms with Crippen LogP contribution in [0.15, 0.2) is 28.7 Å². The normalized spacial score (nSPS) is 12.6. The van der Waals surface area contributed by atoms with Gasteiger partial charge in [-0.2, -0.15) is 0 Å². The Morgan fingerprint density at radius 3 is 2.41 bits per heavy atom. The Morgan fingerprint density at radius 1 is 1.06 bits per heavy atom. The number of alkyl halides is 1. The predicted octanol–water partition coefficient (Wildman–Crippen LogP) is 6.29. The van der Waals surface area contributed by atoms with Crippen LogP contribution in [0.1, 0.15) is 56.9 Å². The lowest BCUT2D eigenvalue weighted by molar-refractivity contribution is 0.571. The van der Waals surface area contributed by atoms with Crippen molar-refractivity contribution in [3.63, 3.8) is 0 Å². The van der Waals surface area contributed by atoms with Crippen molar-refractivity contribution in [1.82, 2.24) is 0 Å². The van der Waals surface area contributed by atoms with E-state index in [9.17, 15) is 0 Å². The van der Waals surface area contributed by atoms with Crippen LogP contribution in [-0.2, 0) is 0 Å². The van der Waals surface area contributed by atoms with E-state index in [4.69, 9.17) is 0 Å². The second-order valence-electron chi connectivity index (χ2n) is 4.58. The first-order chi connectivity index (χ1) is 8.29. The molecule has 1 aromatic carbocycles. The van der Waals surface area contributed by atoms with Crippen LogP contribution in [0.25, 0.3) is 0 Å². The minimum atomic E-state index is 0.646. The second-order valence-corrected chi connectivity index (χ2v) is 6.08. The van der Waals surface area contributed by atoms with Crippen molar-refractivity contribution in [1.29, 1.82) is 0 Å². The molecule has 0 aliphatic carbocycles. The molecule has 2 heteroatoms. The number of hydrogen-bond donors (Lipinski definition) is 0. The van der Waals surface area contributed by atoms with E-state index >= 15 is 0 Å². The number of halogens is 2. The zero-order valence-electron chi connectivity index (χ0n) is 10.6. The van der Waals surface area contributed by atoms with E-state index in [0.29, 0.717) is 5.92 Å². The van der Waals surface area contributed by atoms with Crippen LogP contribution in [0.2, 0.25) is 0 Å². The average Bonchev–Trinajstić information content (AvgIpc) is 2.35. The van der Waals surface area contributed by atoms with Crippen LogP contribution in [0.4, 0.5) is 0 Å². The van der Waals surface area contributed by atoms with Gasteiger partial charge in [0, 0.05) is 9.80 Å². The van der Waals surface area contributed by atoms with E-state index in [1.165, 1.54) is 48.6 Å². The minimum absolute atomic E-state index is 0.646. The summed E-state index contributed by atoms with van der Waals surface area (Å²) in [6.45, 7) is 2.27. The molecule has 0 aliphatic rings. The van der Waals surface area contributed by atoms with E-state index in [1.54, 1.807) is 0 Å². The van der Waals surface area contributed by atoms with Gasteiger partial charge in [-0.05, 0) is 24.0 Å². The molecule has 0 nitrogen and oxygen atoms in total. The molecule has 0 saturated carbocycles. The Morgan fingerprint density at radius 2 is 1.76 bits per heavy atom. The van der Waals surface area contributed by atoms with Crippen molar-refractivity contribution in [3.05, 3.63) is 34.3 Å². The SMILES string of the molecule is CCCCCCCC(CBr)c1ccccc1Br. The third-order valence-corrected chi connectivity index (χ3v) is 4.69. The van der Waals surface area contributed by atoms with Gasteiger partial charge in [-0.1, -0.05) is 89.1 Å². The molecular weight excluding hydrogens is 340 g/mol. The van der Waals surface area contributed by atoms with Crippen molar-refractivity contribution >= 4 is 31.9 Å². The Bertz CT molecular complexity index is 310. The number of benzene rings is 1. The molecule has 0 aromatic heterocycles. The maximum absolute atomic E-state index is 3.65. The zero-order valence-corrected chi connectivity index (χ0v) is 13.8. The number of hydrogen-bond acceptors (Lipinski definition) is 0. The molecule has 1 rings (SSSR count). The van der Waals surface area contributed by atoms with Gasteiger partial charge in [0.25, 0.3) is 0 Å². The van der Waals surface area contributed by atoms with Gasteiger partial charge in [-0.25, -0.2) is 0 Å². The monoisotopic (exact) mass is 360 g/mol. The fourth-order valence-corrected chi connectivity index (χ4v) is 3.40. The van der Waals surface area contributed by atoms with Crippen molar-refractivity contribution in [2.45, 2.75) is 51.4 Å². The fourth-order valence-electron chi connectivity index (χ4n) is 2.12. The van der Waals surface area contributed by atoms with Crippen LogP contribution < -0.4 is 0 Å². The van der Waals surface area contributed by atoms with E-state index in [2.05, 4.69) is 63.0 Å². The summed E-state index contributed by atoms with van der Waals surface area (Å²) in [5, 5.41) is 1.06. The molecule has 0 spiro atoms. The smallest absolute Gasteiger partial charge is 0.0210 e. The summed E-state index contributed by atoms with van der Waals surface area (Å²) in [7, 11) is 0. The van der Waals surface area contributed by atoms with Crippen LogP contribution in [0.3, 0.4) is 0 Å². The summed E-state index contributed by atoms with van der Waals surface area (Å²) in [6, 6.07) is 8.59. The molecule has 17 heavy (non-hydrogen) atoms. The molecule has 1 unspecified atom stereocenters. The van der Waals surface area contributed by atoms with Crippen molar-refractivity contribution < 1.29 is 0 Å². The van der Waals surface area contributed by atoms with Gasteiger partial charge in [0.2, 0.25) is 0 Å². The van der Waals surface area contributed by atoms with Crippen LogP contribution >= 0.6 is 31.9 Å². The van der Waals surface area contributed by atoms with Gasteiger partial charge in [0.05, 0.1) is 0 Å². The number of unbranched alkanes of at least 4 members (excludes halogenated alkanes) is 4. The van der Waals surface area contributed by atoms with Gasteiger partial charge < -0.3 is 0 Å². The Kier molecular flexibility index (Phi) is 8.21. The van der Waals surface area contributed by atoms with Gasteiger partial charge in [0.15, 0.2) is 0 Å². The summed E-state index contributed by atoms with van der Waals surface area (Å²) >= 11 is 7.30. The topological polar surface area (TPSA) is 0 Å². The molecule has 0 saturated heterocycles. The highest BCUT2D eigenvalue weighted by molar-refractivity contribution is 9.10. The first-order valence-corrected chi connectivity index (χ1v) is 8.51. The highest BCUT2D eigenvalue weighted by Crippen LogP contribution is 2.30. The molecule has 0 fully saturated rings. The summed E-state index contributed by atoms with van der Waals surface area (Å²) in [5.74, 6) is 0.646. The van der Waals surface area contributed by atoms with Gasteiger partial charge >= 0.3 is 0 Å². The summed E-state index contributed by atoms with van der Waals surface area (Å²) < 4.78 is 1.25. The average molecular weight is 362 g/mol. The Hall–Kier alpha value is 0.180. The van der Waals surface area contributed by atoms with Crippen LogP contribution in [0, 0.1) is 0 Å². The molecule has 0 bridgehead atoms.